The van der Waals surface area contributed by atoms with Crippen LogP contribution in [0.5, 0.6) is 0 Å². The van der Waals surface area contributed by atoms with E-state index in [0.29, 0.717) is 0 Å². The second-order valence-electron chi connectivity index (χ2n) is 6.10. The molecule has 0 N–H and O–H groups in total. The highest BCUT2D eigenvalue weighted by Crippen LogP contribution is 2.14. The van der Waals surface area contributed by atoms with Crippen molar-refractivity contribution in [1.29, 1.82) is 0 Å². The molecule has 22 heavy (non-hydrogen) atoms. The monoisotopic (exact) mass is 323 g/mol. The summed E-state index contributed by atoms with van der Waals surface area (Å²) in [5.74, 6) is 0.369. The Morgan fingerprint density at radius 2 is 1.82 bits per heavy atom. The number of ketones is 1. The third kappa shape index (κ3) is 8.35. The van der Waals surface area contributed by atoms with Crippen LogP contribution in [0.4, 0.5) is 0 Å². The summed E-state index contributed by atoms with van der Waals surface area (Å²) in [4.78, 5) is 14.5. The Morgan fingerprint density at radius 1 is 1.18 bits per heavy atom. The van der Waals surface area contributed by atoms with E-state index in [9.17, 15) is 4.79 Å². The van der Waals surface area contributed by atoms with Crippen molar-refractivity contribution < 1.29 is 4.79 Å². The lowest BCUT2D eigenvalue weighted by Gasteiger charge is -2.18. The number of halogens is 1. The number of nitrogens with zero attached hydrogens (tertiary/aromatic N) is 1. The third-order valence-corrected chi connectivity index (χ3v) is 3.66. The zero-order valence-electron chi connectivity index (χ0n) is 14.3. The van der Waals surface area contributed by atoms with Crippen molar-refractivity contribution in [2.75, 3.05) is 20.6 Å². The Balaban J connectivity index is 0.00000441. The topological polar surface area (TPSA) is 20.3 Å². The van der Waals surface area contributed by atoms with Crippen molar-refractivity contribution in [2.45, 2.75) is 39.5 Å². The highest BCUT2D eigenvalue weighted by atomic mass is 35.5. The van der Waals surface area contributed by atoms with E-state index in [1.807, 2.05) is 20.2 Å². The number of hydrogen-bond acceptors (Lipinski definition) is 2. The van der Waals surface area contributed by atoms with Crippen LogP contribution in [0.1, 0.15) is 43.7 Å². The summed E-state index contributed by atoms with van der Waals surface area (Å²) in [5, 5.41) is 0. The molecule has 0 bridgehead atoms. The smallest absolute Gasteiger partial charge is 0.160 e. The number of allylic oxidation sites excluding steroid dienone is 1. The molecule has 0 aliphatic rings. The van der Waals surface area contributed by atoms with Gasteiger partial charge in [-0.05, 0) is 39.1 Å². The molecule has 0 saturated heterocycles. The first-order valence-electron chi connectivity index (χ1n) is 7.96. The molecule has 1 atom stereocenters. The van der Waals surface area contributed by atoms with Gasteiger partial charge in [0.15, 0.2) is 5.78 Å². The number of carbonyl (C=O) groups is 1. The molecule has 1 rings (SSSR count). The van der Waals surface area contributed by atoms with Gasteiger partial charge < -0.3 is 4.90 Å². The molecular formula is C19H30ClNO. The average Bonchev–Trinajstić information content (AvgIpc) is 2.45. The van der Waals surface area contributed by atoms with Crippen LogP contribution in [0.25, 0.3) is 6.08 Å². The number of carbonyl (C=O) groups excluding carboxylic acids is 1. The highest BCUT2D eigenvalue weighted by molar-refractivity contribution is 5.95. The summed E-state index contributed by atoms with van der Waals surface area (Å²) in [6.07, 6.45) is 8.22. The van der Waals surface area contributed by atoms with Crippen LogP contribution in [-0.4, -0.2) is 31.3 Å². The first-order chi connectivity index (χ1) is 10.0. The maximum atomic E-state index is 12.4. The molecule has 0 fully saturated rings. The molecule has 0 saturated carbocycles. The molecule has 0 heterocycles. The maximum Gasteiger partial charge on any atom is 0.160 e. The zero-order chi connectivity index (χ0) is 15.7. The van der Waals surface area contributed by atoms with Crippen LogP contribution in [0.15, 0.2) is 30.3 Å². The van der Waals surface area contributed by atoms with Crippen LogP contribution in [0, 0.1) is 12.8 Å². The van der Waals surface area contributed by atoms with Crippen molar-refractivity contribution in [2.24, 2.45) is 5.92 Å². The Labute approximate surface area is 142 Å². The fraction of sp³-hybridized carbons (Fsp3) is 0.526. The molecule has 124 valence electrons. The molecular weight excluding hydrogens is 294 g/mol. The van der Waals surface area contributed by atoms with Crippen molar-refractivity contribution in [3.05, 3.63) is 41.5 Å². The molecule has 1 unspecified atom stereocenters. The lowest BCUT2D eigenvalue weighted by molar-refractivity contribution is -0.118. The van der Waals surface area contributed by atoms with E-state index in [-0.39, 0.29) is 24.1 Å². The third-order valence-electron chi connectivity index (χ3n) is 3.66. The van der Waals surface area contributed by atoms with Crippen molar-refractivity contribution >= 4 is 24.3 Å². The van der Waals surface area contributed by atoms with E-state index in [1.54, 1.807) is 6.08 Å². The second-order valence-corrected chi connectivity index (χ2v) is 6.10. The molecule has 0 radical (unpaired) electrons. The van der Waals surface area contributed by atoms with Crippen LogP contribution in [0.2, 0.25) is 0 Å². The molecule has 0 amide bonds. The predicted molar refractivity (Wildman–Crippen MR) is 98.7 cm³/mol. The van der Waals surface area contributed by atoms with Crippen LogP contribution in [-0.2, 0) is 4.79 Å². The number of hydrogen-bond donors (Lipinski definition) is 0. The Kier molecular flexibility index (Phi) is 10.9. The number of rotatable bonds is 9. The van der Waals surface area contributed by atoms with Gasteiger partial charge >= 0.3 is 0 Å². The minimum atomic E-state index is 0. The minimum absolute atomic E-state index is 0. The van der Waals surface area contributed by atoms with Gasteiger partial charge in [0.2, 0.25) is 0 Å². The molecule has 0 aromatic heterocycles. The lowest BCUT2D eigenvalue weighted by atomic mass is 9.95. The second kappa shape index (κ2) is 11.4. The normalized spacial score (nSPS) is 12.4. The van der Waals surface area contributed by atoms with Gasteiger partial charge in [0.25, 0.3) is 0 Å². The summed E-state index contributed by atoms with van der Waals surface area (Å²) >= 11 is 0. The molecule has 0 aliphatic carbocycles. The van der Waals surface area contributed by atoms with Gasteiger partial charge in [0, 0.05) is 12.5 Å². The van der Waals surface area contributed by atoms with Crippen molar-refractivity contribution in [3.8, 4) is 0 Å². The molecule has 0 spiro atoms. The molecule has 1 aromatic carbocycles. The van der Waals surface area contributed by atoms with Gasteiger partial charge in [0.1, 0.15) is 0 Å². The summed E-state index contributed by atoms with van der Waals surface area (Å²) in [5.41, 5.74) is 2.33. The first-order valence-corrected chi connectivity index (χ1v) is 7.96. The molecule has 3 heteroatoms. The minimum Gasteiger partial charge on any atom is -0.309 e. The van der Waals surface area contributed by atoms with Crippen LogP contribution >= 0.6 is 12.4 Å². The fourth-order valence-electron chi connectivity index (χ4n) is 2.40. The van der Waals surface area contributed by atoms with Gasteiger partial charge in [-0.25, -0.2) is 0 Å². The number of aryl methyl sites for hydroxylation is 1. The van der Waals surface area contributed by atoms with Crippen LogP contribution < -0.4 is 0 Å². The largest absolute Gasteiger partial charge is 0.309 e. The van der Waals surface area contributed by atoms with E-state index < -0.39 is 0 Å². The summed E-state index contributed by atoms with van der Waals surface area (Å²) in [6, 6.07) is 8.25. The van der Waals surface area contributed by atoms with Gasteiger partial charge in [-0.2, -0.15) is 0 Å². The SMILES string of the molecule is CCCCCC(CN(C)C)C(=O)/C=C/c1ccc(C)cc1.Cl. The standard InChI is InChI=1S/C19H29NO.ClH/c1-5-6-7-8-18(15-20(3)4)19(21)14-13-17-11-9-16(2)10-12-17;/h9-14,18H,5-8,15H2,1-4H3;1H/b14-13+;. The zero-order valence-corrected chi connectivity index (χ0v) is 15.2. The maximum absolute atomic E-state index is 12.4. The lowest BCUT2D eigenvalue weighted by Crippen LogP contribution is -2.27. The first kappa shape index (κ1) is 20.9. The summed E-state index contributed by atoms with van der Waals surface area (Å²) in [7, 11) is 4.06. The fourth-order valence-corrected chi connectivity index (χ4v) is 2.40. The van der Waals surface area contributed by atoms with E-state index >= 15 is 0 Å². The van der Waals surface area contributed by atoms with E-state index in [0.717, 1.165) is 24.9 Å². The highest BCUT2D eigenvalue weighted by Gasteiger charge is 2.16. The number of benzene rings is 1. The quantitative estimate of drug-likeness (QED) is 0.482. The van der Waals surface area contributed by atoms with Gasteiger partial charge in [-0.3, -0.25) is 4.79 Å². The Bertz CT molecular complexity index is 451. The van der Waals surface area contributed by atoms with E-state index in [2.05, 4.69) is 43.0 Å². The van der Waals surface area contributed by atoms with Crippen LogP contribution in [0.3, 0.4) is 0 Å². The molecule has 1 aromatic rings. The van der Waals surface area contributed by atoms with Gasteiger partial charge in [-0.15, -0.1) is 12.4 Å². The average molecular weight is 324 g/mol. The predicted octanol–water partition coefficient (Wildman–Crippen LogP) is 4.76. The van der Waals surface area contributed by atoms with Crippen molar-refractivity contribution in [1.82, 2.24) is 4.90 Å². The molecule has 0 aliphatic heterocycles. The van der Waals surface area contributed by atoms with Gasteiger partial charge in [0.05, 0.1) is 0 Å². The van der Waals surface area contributed by atoms with Crippen molar-refractivity contribution in [3.63, 3.8) is 0 Å². The van der Waals surface area contributed by atoms with E-state index in [1.165, 1.54) is 18.4 Å². The Morgan fingerprint density at radius 3 is 2.36 bits per heavy atom. The summed E-state index contributed by atoms with van der Waals surface area (Å²) < 4.78 is 0. The van der Waals surface area contributed by atoms with Gasteiger partial charge in [-0.1, -0.05) is 62.1 Å². The number of unbranched alkanes of at least 4 members (excludes halogenated alkanes) is 2. The Hall–Kier alpha value is -1.12. The van der Waals surface area contributed by atoms with E-state index in [4.69, 9.17) is 0 Å². The summed E-state index contributed by atoms with van der Waals surface area (Å²) in [6.45, 7) is 5.10. The molecule has 2 nitrogen and oxygen atoms in total.